The van der Waals surface area contributed by atoms with Crippen molar-refractivity contribution in [2.45, 2.75) is 49.7 Å². The van der Waals surface area contributed by atoms with Gasteiger partial charge in [-0.3, -0.25) is 4.79 Å². The van der Waals surface area contributed by atoms with Gasteiger partial charge in [0.2, 0.25) is 0 Å². The first-order valence-corrected chi connectivity index (χ1v) is 14.6. The third-order valence-electron chi connectivity index (χ3n) is 7.25. The number of carbonyl (C=O) groups is 2. The van der Waals surface area contributed by atoms with Crippen LogP contribution < -0.4 is 4.74 Å². The second-order valence-corrected chi connectivity index (χ2v) is 12.8. The molecule has 0 saturated heterocycles. The van der Waals surface area contributed by atoms with Gasteiger partial charge in [-0.25, -0.2) is 4.79 Å². The van der Waals surface area contributed by atoms with E-state index in [1.165, 1.54) is 0 Å². The predicted octanol–water partition coefficient (Wildman–Crippen LogP) is 7.28. The molecule has 40 heavy (non-hydrogen) atoms. The molecule has 3 aromatic carbocycles. The molecule has 0 aliphatic carbocycles. The zero-order chi connectivity index (χ0) is 28.4. The minimum atomic E-state index is -0.466. The molecule has 2 atom stereocenters. The molecular formula is C33H33IN2O4. The lowest BCUT2D eigenvalue weighted by Gasteiger charge is -2.29. The predicted molar refractivity (Wildman–Crippen MR) is 167 cm³/mol. The highest BCUT2D eigenvalue weighted by Crippen LogP contribution is 2.40. The summed E-state index contributed by atoms with van der Waals surface area (Å²) in [7, 11) is 0. The number of aromatic amines is 1. The number of alkyl halides is 1. The number of rotatable bonds is 7. The number of fused-ring (bicyclic) bond motifs is 3. The van der Waals surface area contributed by atoms with E-state index < -0.39 is 11.4 Å². The van der Waals surface area contributed by atoms with Gasteiger partial charge in [0.25, 0.3) is 5.91 Å². The number of para-hydroxylation sites is 1. The summed E-state index contributed by atoms with van der Waals surface area (Å²) in [5.74, 6) is -0.0685. The van der Waals surface area contributed by atoms with E-state index in [0.29, 0.717) is 35.7 Å². The van der Waals surface area contributed by atoms with Gasteiger partial charge in [-0.2, -0.15) is 0 Å². The lowest BCUT2D eigenvalue weighted by Crippen LogP contribution is -2.37. The van der Waals surface area contributed by atoms with Crippen molar-refractivity contribution in [1.29, 1.82) is 0 Å². The van der Waals surface area contributed by atoms with Crippen LogP contribution in [0, 0.1) is 0 Å². The number of halogens is 1. The Bertz CT molecular complexity index is 1570. The molecular weight excluding hydrogens is 615 g/mol. The van der Waals surface area contributed by atoms with Crippen molar-refractivity contribution in [3.63, 3.8) is 0 Å². The first kappa shape index (κ1) is 28.0. The molecule has 1 amide bonds. The number of esters is 1. The molecule has 1 aliphatic heterocycles. The highest BCUT2D eigenvalue weighted by Gasteiger charge is 2.38. The summed E-state index contributed by atoms with van der Waals surface area (Å²) in [6, 6.07) is 25.1. The van der Waals surface area contributed by atoms with Crippen molar-refractivity contribution < 1.29 is 19.1 Å². The van der Waals surface area contributed by atoms with Gasteiger partial charge in [0.1, 0.15) is 18.5 Å². The number of aromatic nitrogens is 1. The van der Waals surface area contributed by atoms with E-state index >= 15 is 0 Å². The number of benzene rings is 3. The molecule has 0 fully saturated rings. The standard InChI is InChI=1S/C33H33IN2O4/c1-21(34)22(2)40-32(38)27-18-36(20-33(3,4)29-26-15-8-9-16-28(26)35-30(27)29)31(37)24-13-10-14-25(17-24)39-19-23-11-6-5-7-12-23/h5-18,21-22,35H,19-20H2,1-4H3. The second kappa shape index (κ2) is 11.5. The Labute approximate surface area is 248 Å². The Morgan fingerprint density at radius 3 is 2.48 bits per heavy atom. The Kier molecular flexibility index (Phi) is 8.03. The van der Waals surface area contributed by atoms with E-state index in [0.717, 1.165) is 22.0 Å². The Morgan fingerprint density at radius 2 is 1.73 bits per heavy atom. The minimum absolute atomic E-state index is 0.128. The number of hydrogen-bond acceptors (Lipinski definition) is 4. The van der Waals surface area contributed by atoms with Crippen LogP contribution in [0.15, 0.2) is 85.1 Å². The van der Waals surface area contributed by atoms with Crippen molar-refractivity contribution in [2.75, 3.05) is 6.54 Å². The molecule has 5 rings (SSSR count). The number of carbonyl (C=O) groups excluding carboxylic acids is 2. The van der Waals surface area contributed by atoms with Crippen LogP contribution in [0.1, 0.15) is 54.9 Å². The van der Waals surface area contributed by atoms with E-state index in [1.807, 2.05) is 74.5 Å². The quantitative estimate of drug-likeness (QED) is 0.130. The number of nitrogens with one attached hydrogen (secondary N) is 1. The van der Waals surface area contributed by atoms with Crippen LogP contribution in [0.4, 0.5) is 0 Å². The van der Waals surface area contributed by atoms with Gasteiger partial charge in [-0.05, 0) is 49.2 Å². The largest absolute Gasteiger partial charge is 0.489 e. The third kappa shape index (κ3) is 5.80. The number of H-pyrrole nitrogens is 1. The van der Waals surface area contributed by atoms with Gasteiger partial charge in [0.05, 0.1) is 11.3 Å². The number of nitrogens with zero attached hydrogens (tertiary/aromatic N) is 1. The zero-order valence-electron chi connectivity index (χ0n) is 23.1. The van der Waals surface area contributed by atoms with Crippen LogP contribution in [0.2, 0.25) is 0 Å². The smallest absolute Gasteiger partial charge is 0.342 e. The summed E-state index contributed by atoms with van der Waals surface area (Å²) in [5.41, 5.74) is 4.03. The molecule has 1 aromatic heterocycles. The summed E-state index contributed by atoms with van der Waals surface area (Å²) in [5, 5.41) is 1.03. The molecule has 206 valence electrons. The van der Waals surface area contributed by atoms with E-state index in [1.54, 1.807) is 23.2 Å². The number of ether oxygens (including phenoxy) is 2. The normalized spacial score (nSPS) is 15.9. The Morgan fingerprint density at radius 1 is 1.00 bits per heavy atom. The molecule has 0 radical (unpaired) electrons. The van der Waals surface area contributed by atoms with E-state index in [2.05, 4.69) is 47.5 Å². The summed E-state index contributed by atoms with van der Waals surface area (Å²) in [6.07, 6.45) is 1.36. The van der Waals surface area contributed by atoms with Gasteiger partial charge in [-0.1, -0.05) is 91.0 Å². The fourth-order valence-electron chi connectivity index (χ4n) is 5.05. The summed E-state index contributed by atoms with van der Waals surface area (Å²) in [4.78, 5) is 32.7. The lowest BCUT2D eigenvalue weighted by atomic mass is 9.81. The Balaban J connectivity index is 1.52. The van der Waals surface area contributed by atoms with E-state index in [-0.39, 0.29) is 15.9 Å². The molecule has 1 N–H and O–H groups in total. The molecule has 2 heterocycles. The SMILES string of the molecule is CC(I)C(C)OC(=O)C1=CN(C(=O)c2cccc(OCc3ccccc3)c2)CC(C)(C)c2c1[nH]c1ccccc21. The second-order valence-electron chi connectivity index (χ2n) is 10.9. The first-order valence-electron chi connectivity index (χ1n) is 13.4. The summed E-state index contributed by atoms with van der Waals surface area (Å²) >= 11 is 2.25. The lowest BCUT2D eigenvalue weighted by molar-refractivity contribution is -0.140. The summed E-state index contributed by atoms with van der Waals surface area (Å²) in [6.45, 7) is 8.87. The number of hydrogen-bond donors (Lipinski definition) is 1. The maximum absolute atomic E-state index is 14.0. The van der Waals surface area contributed by atoms with Gasteiger partial charge < -0.3 is 19.4 Å². The number of amides is 1. The van der Waals surface area contributed by atoms with Crippen molar-refractivity contribution in [1.82, 2.24) is 9.88 Å². The fourth-order valence-corrected chi connectivity index (χ4v) is 5.20. The highest BCUT2D eigenvalue weighted by atomic mass is 127. The average Bonchev–Trinajstić information content (AvgIpc) is 3.29. The summed E-state index contributed by atoms with van der Waals surface area (Å²) < 4.78 is 12.0. The van der Waals surface area contributed by atoms with Crippen molar-refractivity contribution in [2.24, 2.45) is 0 Å². The van der Waals surface area contributed by atoms with Gasteiger partial charge in [-0.15, -0.1) is 0 Å². The Hall–Kier alpha value is -3.59. The van der Waals surface area contributed by atoms with Crippen LogP contribution in [0.3, 0.4) is 0 Å². The van der Waals surface area contributed by atoms with E-state index in [4.69, 9.17) is 9.47 Å². The molecule has 6 nitrogen and oxygen atoms in total. The van der Waals surface area contributed by atoms with Crippen LogP contribution in [-0.2, 0) is 21.6 Å². The zero-order valence-corrected chi connectivity index (χ0v) is 25.3. The van der Waals surface area contributed by atoms with Gasteiger partial charge >= 0.3 is 5.97 Å². The van der Waals surface area contributed by atoms with E-state index in [9.17, 15) is 9.59 Å². The van der Waals surface area contributed by atoms with Crippen LogP contribution in [0.25, 0.3) is 16.5 Å². The minimum Gasteiger partial charge on any atom is -0.489 e. The topological polar surface area (TPSA) is 71.6 Å². The van der Waals surface area contributed by atoms with Crippen LogP contribution in [0.5, 0.6) is 5.75 Å². The molecule has 2 unspecified atom stereocenters. The van der Waals surface area contributed by atoms with Crippen molar-refractivity contribution in [3.05, 3.63) is 107 Å². The average molecular weight is 649 g/mol. The first-order chi connectivity index (χ1) is 19.1. The van der Waals surface area contributed by atoms with Crippen molar-refractivity contribution in [3.8, 4) is 5.75 Å². The molecule has 0 spiro atoms. The third-order valence-corrected chi connectivity index (χ3v) is 8.27. The monoisotopic (exact) mass is 648 g/mol. The van der Waals surface area contributed by atoms with Crippen LogP contribution >= 0.6 is 22.6 Å². The van der Waals surface area contributed by atoms with Crippen molar-refractivity contribution >= 4 is 50.9 Å². The molecule has 0 saturated carbocycles. The van der Waals surface area contributed by atoms with Gasteiger partial charge in [0, 0.05) is 38.6 Å². The molecule has 4 aromatic rings. The maximum Gasteiger partial charge on any atom is 0.342 e. The molecule has 0 bridgehead atoms. The van der Waals surface area contributed by atoms with Gasteiger partial charge in [0.15, 0.2) is 0 Å². The van der Waals surface area contributed by atoms with Crippen LogP contribution in [-0.4, -0.2) is 38.3 Å². The highest BCUT2D eigenvalue weighted by molar-refractivity contribution is 14.1. The molecule has 1 aliphatic rings. The fraction of sp³-hybridized carbons (Fsp3) is 0.273. The molecule has 7 heteroatoms. The maximum atomic E-state index is 14.0.